The molecule has 3 N–H and O–H groups in total. The molecule has 0 aromatic carbocycles. The summed E-state index contributed by atoms with van der Waals surface area (Å²) in [4.78, 5) is 15.8. The standard InChI is InChI=1S/C12H21N3OS2/c1-5-14-11(16)9-8(13)10(17-4)12(18-9)15(6-2)7-3/h5-7,13H2,1-4H3,(H,14,16). The molecule has 4 nitrogen and oxygen atoms in total. The average molecular weight is 287 g/mol. The molecule has 6 heteroatoms. The molecule has 18 heavy (non-hydrogen) atoms. The summed E-state index contributed by atoms with van der Waals surface area (Å²) in [5, 5.41) is 3.91. The van der Waals surface area contributed by atoms with Gasteiger partial charge in [-0.25, -0.2) is 0 Å². The molecular weight excluding hydrogens is 266 g/mol. The normalized spacial score (nSPS) is 10.4. The number of nitrogens with zero attached hydrogens (tertiary/aromatic N) is 1. The van der Waals surface area contributed by atoms with Gasteiger partial charge < -0.3 is 16.0 Å². The van der Waals surface area contributed by atoms with E-state index < -0.39 is 0 Å². The van der Waals surface area contributed by atoms with Crippen molar-refractivity contribution in [1.82, 2.24) is 5.32 Å². The molecule has 1 aromatic heterocycles. The summed E-state index contributed by atoms with van der Waals surface area (Å²) in [5.74, 6) is -0.0753. The Balaban J connectivity index is 3.20. The summed E-state index contributed by atoms with van der Waals surface area (Å²) in [6.45, 7) is 8.57. The molecule has 0 fully saturated rings. The maximum Gasteiger partial charge on any atom is 0.263 e. The number of rotatable bonds is 6. The number of hydrogen-bond acceptors (Lipinski definition) is 5. The number of anilines is 2. The highest BCUT2D eigenvalue weighted by molar-refractivity contribution is 7.99. The van der Waals surface area contributed by atoms with E-state index in [2.05, 4.69) is 24.1 Å². The first kappa shape index (κ1) is 15.2. The van der Waals surface area contributed by atoms with E-state index in [1.165, 1.54) is 11.3 Å². The summed E-state index contributed by atoms with van der Waals surface area (Å²) in [6, 6.07) is 0. The van der Waals surface area contributed by atoms with Gasteiger partial charge in [0.05, 0.1) is 10.6 Å². The Morgan fingerprint density at radius 1 is 1.39 bits per heavy atom. The van der Waals surface area contributed by atoms with Crippen LogP contribution in [0.4, 0.5) is 10.7 Å². The highest BCUT2D eigenvalue weighted by Crippen LogP contribution is 2.43. The Labute approximate surface area is 117 Å². The molecule has 0 bridgehead atoms. The molecule has 0 radical (unpaired) electrons. The number of thioether (sulfide) groups is 1. The van der Waals surface area contributed by atoms with Gasteiger partial charge in [0.1, 0.15) is 9.88 Å². The van der Waals surface area contributed by atoms with Crippen molar-refractivity contribution in [3.63, 3.8) is 0 Å². The number of carbonyl (C=O) groups is 1. The molecule has 0 saturated heterocycles. The van der Waals surface area contributed by atoms with Crippen LogP contribution in [-0.4, -0.2) is 31.8 Å². The second-order valence-corrected chi connectivity index (χ2v) is 5.53. The fraction of sp³-hybridized carbons (Fsp3) is 0.583. The maximum absolute atomic E-state index is 11.9. The monoisotopic (exact) mass is 287 g/mol. The van der Waals surface area contributed by atoms with Gasteiger partial charge in [0.2, 0.25) is 0 Å². The van der Waals surface area contributed by atoms with Gasteiger partial charge in [-0.05, 0) is 27.0 Å². The lowest BCUT2D eigenvalue weighted by Gasteiger charge is -2.20. The number of nitrogens with one attached hydrogen (secondary N) is 1. The smallest absolute Gasteiger partial charge is 0.263 e. The largest absolute Gasteiger partial charge is 0.396 e. The van der Waals surface area contributed by atoms with E-state index in [1.54, 1.807) is 11.8 Å². The molecule has 0 unspecified atom stereocenters. The lowest BCUT2D eigenvalue weighted by molar-refractivity contribution is 0.0960. The zero-order chi connectivity index (χ0) is 13.7. The molecule has 0 aliphatic carbocycles. The molecule has 1 heterocycles. The van der Waals surface area contributed by atoms with E-state index >= 15 is 0 Å². The Kier molecular flexibility index (Phi) is 5.81. The van der Waals surface area contributed by atoms with Crippen LogP contribution in [0.15, 0.2) is 4.90 Å². The molecular formula is C12H21N3OS2. The van der Waals surface area contributed by atoms with Gasteiger partial charge in [-0.1, -0.05) is 0 Å². The highest BCUT2D eigenvalue weighted by atomic mass is 32.2. The van der Waals surface area contributed by atoms with Gasteiger partial charge in [-0.3, -0.25) is 4.79 Å². The Morgan fingerprint density at radius 3 is 2.44 bits per heavy atom. The van der Waals surface area contributed by atoms with Crippen molar-refractivity contribution in [2.75, 3.05) is 36.5 Å². The molecule has 0 saturated carbocycles. The van der Waals surface area contributed by atoms with Crippen molar-refractivity contribution in [1.29, 1.82) is 0 Å². The van der Waals surface area contributed by atoms with Gasteiger partial charge in [-0.2, -0.15) is 0 Å². The quantitative estimate of drug-likeness (QED) is 0.790. The van der Waals surface area contributed by atoms with Crippen molar-refractivity contribution < 1.29 is 4.79 Å². The third-order valence-corrected chi connectivity index (χ3v) is 4.90. The Morgan fingerprint density at radius 2 is 2.00 bits per heavy atom. The molecule has 1 rings (SSSR count). The molecule has 0 atom stereocenters. The molecule has 102 valence electrons. The van der Waals surface area contributed by atoms with Crippen molar-refractivity contribution in [3.05, 3.63) is 4.88 Å². The van der Waals surface area contributed by atoms with Crippen LogP contribution in [0.3, 0.4) is 0 Å². The molecule has 1 aromatic rings. The van der Waals surface area contributed by atoms with Crippen molar-refractivity contribution in [2.24, 2.45) is 0 Å². The summed E-state index contributed by atoms with van der Waals surface area (Å²) in [7, 11) is 0. The minimum atomic E-state index is -0.0753. The summed E-state index contributed by atoms with van der Waals surface area (Å²) < 4.78 is 0. The van der Waals surface area contributed by atoms with Crippen molar-refractivity contribution >= 4 is 39.7 Å². The van der Waals surface area contributed by atoms with Gasteiger partial charge in [0, 0.05) is 19.6 Å². The van der Waals surface area contributed by atoms with Crippen LogP contribution < -0.4 is 16.0 Å². The molecule has 0 spiro atoms. The zero-order valence-electron chi connectivity index (χ0n) is 11.4. The third kappa shape index (κ3) is 2.92. The first-order chi connectivity index (χ1) is 8.60. The number of nitrogens with two attached hydrogens (primary N) is 1. The Bertz CT molecular complexity index is 414. The number of thiophene rings is 1. The van der Waals surface area contributed by atoms with Crippen LogP contribution in [0.1, 0.15) is 30.4 Å². The fourth-order valence-electron chi connectivity index (χ4n) is 1.74. The van der Waals surface area contributed by atoms with E-state index in [9.17, 15) is 4.79 Å². The summed E-state index contributed by atoms with van der Waals surface area (Å²) in [5.41, 5.74) is 6.71. The maximum atomic E-state index is 11.9. The first-order valence-corrected chi connectivity index (χ1v) is 8.14. The minimum Gasteiger partial charge on any atom is -0.396 e. The predicted octanol–water partition coefficient (Wildman–Crippen LogP) is 2.65. The van der Waals surface area contributed by atoms with Crippen LogP contribution in [0.2, 0.25) is 0 Å². The predicted molar refractivity (Wildman–Crippen MR) is 82.1 cm³/mol. The van der Waals surface area contributed by atoms with Crippen LogP contribution in [0.5, 0.6) is 0 Å². The van der Waals surface area contributed by atoms with E-state index in [4.69, 9.17) is 5.73 Å². The minimum absolute atomic E-state index is 0.0753. The second-order valence-electron chi connectivity index (χ2n) is 3.72. The van der Waals surface area contributed by atoms with Crippen molar-refractivity contribution in [2.45, 2.75) is 25.7 Å². The number of hydrogen-bond donors (Lipinski definition) is 2. The van der Waals surface area contributed by atoms with Crippen LogP contribution in [0, 0.1) is 0 Å². The second kappa shape index (κ2) is 6.89. The van der Waals surface area contributed by atoms with Gasteiger partial charge in [0.15, 0.2) is 0 Å². The molecule has 1 amide bonds. The fourth-order valence-corrected chi connectivity index (χ4v) is 3.97. The van der Waals surface area contributed by atoms with Gasteiger partial charge in [0.25, 0.3) is 5.91 Å². The van der Waals surface area contributed by atoms with E-state index in [-0.39, 0.29) is 5.91 Å². The van der Waals surface area contributed by atoms with E-state index in [1.807, 2.05) is 13.2 Å². The topological polar surface area (TPSA) is 58.4 Å². The zero-order valence-corrected chi connectivity index (χ0v) is 13.0. The van der Waals surface area contributed by atoms with Crippen LogP contribution in [-0.2, 0) is 0 Å². The van der Waals surface area contributed by atoms with E-state index in [0.717, 1.165) is 23.0 Å². The lowest BCUT2D eigenvalue weighted by atomic mass is 10.3. The summed E-state index contributed by atoms with van der Waals surface area (Å²) >= 11 is 3.09. The van der Waals surface area contributed by atoms with Gasteiger partial charge >= 0.3 is 0 Å². The molecule has 0 aliphatic rings. The third-order valence-electron chi connectivity index (χ3n) is 2.68. The average Bonchev–Trinajstić information content (AvgIpc) is 2.68. The number of carbonyl (C=O) groups excluding carboxylic acids is 1. The van der Waals surface area contributed by atoms with Crippen LogP contribution in [0.25, 0.3) is 0 Å². The number of amides is 1. The van der Waals surface area contributed by atoms with Crippen molar-refractivity contribution in [3.8, 4) is 0 Å². The lowest BCUT2D eigenvalue weighted by Crippen LogP contribution is -2.22. The first-order valence-electron chi connectivity index (χ1n) is 6.09. The van der Waals surface area contributed by atoms with Gasteiger partial charge in [-0.15, -0.1) is 23.1 Å². The number of nitrogen functional groups attached to an aromatic ring is 1. The highest BCUT2D eigenvalue weighted by Gasteiger charge is 2.22. The summed E-state index contributed by atoms with van der Waals surface area (Å²) in [6.07, 6.45) is 1.99. The van der Waals surface area contributed by atoms with E-state index in [0.29, 0.717) is 17.1 Å². The SMILES string of the molecule is CCNC(=O)c1sc(N(CC)CC)c(SC)c1N. The van der Waals surface area contributed by atoms with Crippen LogP contribution >= 0.6 is 23.1 Å². The Hall–Kier alpha value is -0.880. The molecule has 0 aliphatic heterocycles.